The number of aromatic nitrogens is 2. The van der Waals surface area contributed by atoms with E-state index in [1.54, 1.807) is 0 Å². The van der Waals surface area contributed by atoms with Gasteiger partial charge in [-0.05, 0) is 13.3 Å². The van der Waals surface area contributed by atoms with E-state index in [1.807, 2.05) is 6.92 Å². The van der Waals surface area contributed by atoms with Crippen LogP contribution in [0.2, 0.25) is 0 Å². The van der Waals surface area contributed by atoms with Gasteiger partial charge in [-0.1, -0.05) is 6.92 Å². The lowest BCUT2D eigenvalue weighted by Crippen LogP contribution is -2.47. The van der Waals surface area contributed by atoms with Crippen molar-refractivity contribution in [1.82, 2.24) is 14.9 Å². The molecule has 1 aromatic rings. The molecule has 0 radical (unpaired) electrons. The second-order valence-electron chi connectivity index (χ2n) is 5.27. The number of aryl methyl sites for hydroxylation is 2. The van der Waals surface area contributed by atoms with E-state index < -0.39 is 0 Å². The Morgan fingerprint density at radius 1 is 1.29 bits per heavy atom. The number of hydrogen-bond acceptors (Lipinski definition) is 6. The van der Waals surface area contributed by atoms with Crippen LogP contribution in [0.3, 0.4) is 0 Å². The number of anilines is 1. The Balaban J connectivity index is 1.89. The van der Waals surface area contributed by atoms with Gasteiger partial charge in [0, 0.05) is 44.5 Å². The van der Waals surface area contributed by atoms with Gasteiger partial charge < -0.3 is 9.64 Å². The number of piperazine rings is 1. The second-order valence-corrected chi connectivity index (χ2v) is 5.27. The Bertz CT molecular complexity index is 485. The van der Waals surface area contributed by atoms with Crippen molar-refractivity contribution in [3.05, 3.63) is 17.6 Å². The van der Waals surface area contributed by atoms with Crippen molar-refractivity contribution in [2.45, 2.75) is 26.7 Å². The van der Waals surface area contributed by atoms with E-state index >= 15 is 0 Å². The fourth-order valence-electron chi connectivity index (χ4n) is 2.51. The molecule has 0 amide bonds. The van der Waals surface area contributed by atoms with Crippen LogP contribution in [0, 0.1) is 6.92 Å². The third-order valence-corrected chi connectivity index (χ3v) is 3.80. The minimum Gasteiger partial charge on any atom is -0.469 e. The molecule has 0 saturated carbocycles. The smallest absolute Gasteiger partial charge is 0.306 e. The normalized spacial score (nSPS) is 16.0. The number of ether oxygens (including phenoxy) is 1. The monoisotopic (exact) mass is 292 g/mol. The van der Waals surface area contributed by atoms with Gasteiger partial charge in [-0.15, -0.1) is 0 Å². The summed E-state index contributed by atoms with van der Waals surface area (Å²) in [5.74, 6) is 1.71. The van der Waals surface area contributed by atoms with Gasteiger partial charge >= 0.3 is 5.97 Å². The molecule has 0 atom stereocenters. The second kappa shape index (κ2) is 7.36. The van der Waals surface area contributed by atoms with Crippen molar-refractivity contribution in [3.8, 4) is 0 Å². The lowest BCUT2D eigenvalue weighted by atomic mass is 10.2. The molecule has 0 unspecified atom stereocenters. The minimum absolute atomic E-state index is 0.142. The predicted octanol–water partition coefficient (Wildman–Crippen LogP) is 1.03. The standard InChI is InChI=1S/C15H24N4O2/c1-4-13-11-14(17-12(2)16-13)19-9-7-18(8-10-19)6-5-15(20)21-3/h11H,4-10H2,1-3H3. The Morgan fingerprint density at radius 2 is 2.00 bits per heavy atom. The number of esters is 1. The maximum absolute atomic E-state index is 11.2. The molecule has 2 rings (SSSR count). The highest BCUT2D eigenvalue weighted by atomic mass is 16.5. The summed E-state index contributed by atoms with van der Waals surface area (Å²) >= 11 is 0. The van der Waals surface area contributed by atoms with Crippen LogP contribution >= 0.6 is 0 Å². The van der Waals surface area contributed by atoms with Gasteiger partial charge in [-0.3, -0.25) is 9.69 Å². The largest absolute Gasteiger partial charge is 0.469 e. The molecule has 0 aliphatic carbocycles. The van der Waals surface area contributed by atoms with E-state index in [9.17, 15) is 4.79 Å². The van der Waals surface area contributed by atoms with Crippen LogP contribution < -0.4 is 4.90 Å². The van der Waals surface area contributed by atoms with E-state index in [4.69, 9.17) is 0 Å². The van der Waals surface area contributed by atoms with Crippen LogP contribution in [-0.4, -0.2) is 60.7 Å². The minimum atomic E-state index is -0.142. The molecule has 1 aromatic heterocycles. The molecule has 0 spiro atoms. The molecule has 116 valence electrons. The van der Waals surface area contributed by atoms with Crippen LogP contribution in [-0.2, 0) is 16.0 Å². The van der Waals surface area contributed by atoms with Gasteiger partial charge in [0.25, 0.3) is 0 Å². The summed E-state index contributed by atoms with van der Waals surface area (Å²) in [4.78, 5) is 24.7. The molecular formula is C15H24N4O2. The molecule has 0 bridgehead atoms. The van der Waals surface area contributed by atoms with Crippen LogP contribution in [0.25, 0.3) is 0 Å². The summed E-state index contributed by atoms with van der Waals surface area (Å²) in [5.41, 5.74) is 1.09. The van der Waals surface area contributed by atoms with Crippen LogP contribution in [0.1, 0.15) is 24.9 Å². The highest BCUT2D eigenvalue weighted by Gasteiger charge is 2.19. The van der Waals surface area contributed by atoms with E-state index in [1.165, 1.54) is 7.11 Å². The third-order valence-electron chi connectivity index (χ3n) is 3.80. The first kappa shape index (κ1) is 15.7. The molecule has 6 heteroatoms. The Morgan fingerprint density at radius 3 is 2.62 bits per heavy atom. The zero-order valence-electron chi connectivity index (χ0n) is 13.1. The Kier molecular flexibility index (Phi) is 5.50. The number of rotatable bonds is 5. The van der Waals surface area contributed by atoms with Crippen LogP contribution in [0.4, 0.5) is 5.82 Å². The lowest BCUT2D eigenvalue weighted by Gasteiger charge is -2.35. The topological polar surface area (TPSA) is 58.6 Å². The molecule has 0 aromatic carbocycles. The first-order valence-corrected chi connectivity index (χ1v) is 7.51. The SMILES string of the molecule is CCc1cc(N2CCN(CCC(=O)OC)CC2)nc(C)n1. The average Bonchev–Trinajstić information content (AvgIpc) is 2.52. The average molecular weight is 292 g/mol. The number of hydrogen-bond donors (Lipinski definition) is 0. The lowest BCUT2D eigenvalue weighted by molar-refractivity contribution is -0.141. The van der Waals surface area contributed by atoms with Crippen molar-refractivity contribution < 1.29 is 9.53 Å². The molecule has 1 aliphatic rings. The molecular weight excluding hydrogens is 268 g/mol. The Hall–Kier alpha value is -1.69. The molecule has 1 aliphatic heterocycles. The molecule has 2 heterocycles. The summed E-state index contributed by atoms with van der Waals surface area (Å²) < 4.78 is 4.68. The number of methoxy groups -OCH3 is 1. The van der Waals surface area contributed by atoms with E-state index in [-0.39, 0.29) is 5.97 Å². The zero-order chi connectivity index (χ0) is 15.2. The first-order chi connectivity index (χ1) is 10.1. The maximum atomic E-state index is 11.2. The van der Waals surface area contributed by atoms with Crippen LogP contribution in [0.15, 0.2) is 6.07 Å². The van der Waals surface area contributed by atoms with E-state index in [2.05, 4.69) is 37.5 Å². The number of carbonyl (C=O) groups is 1. The number of carbonyl (C=O) groups excluding carboxylic acids is 1. The van der Waals surface area contributed by atoms with Crippen molar-refractivity contribution in [3.63, 3.8) is 0 Å². The highest BCUT2D eigenvalue weighted by molar-refractivity contribution is 5.69. The van der Waals surface area contributed by atoms with Gasteiger partial charge in [0.05, 0.1) is 13.5 Å². The van der Waals surface area contributed by atoms with Gasteiger partial charge in [0.15, 0.2) is 0 Å². The van der Waals surface area contributed by atoms with Gasteiger partial charge in [-0.25, -0.2) is 9.97 Å². The molecule has 21 heavy (non-hydrogen) atoms. The van der Waals surface area contributed by atoms with Crippen molar-refractivity contribution in [2.75, 3.05) is 44.7 Å². The Labute approximate surface area is 126 Å². The quantitative estimate of drug-likeness (QED) is 0.756. The summed E-state index contributed by atoms with van der Waals surface area (Å²) in [6, 6.07) is 2.08. The van der Waals surface area contributed by atoms with Gasteiger partial charge in [-0.2, -0.15) is 0 Å². The maximum Gasteiger partial charge on any atom is 0.306 e. The fourth-order valence-corrected chi connectivity index (χ4v) is 2.51. The predicted molar refractivity (Wildman–Crippen MR) is 81.4 cm³/mol. The molecule has 1 saturated heterocycles. The summed E-state index contributed by atoms with van der Waals surface area (Å²) in [7, 11) is 1.43. The van der Waals surface area contributed by atoms with E-state index in [0.717, 1.165) is 56.5 Å². The molecule has 6 nitrogen and oxygen atoms in total. The van der Waals surface area contributed by atoms with E-state index in [0.29, 0.717) is 6.42 Å². The summed E-state index contributed by atoms with van der Waals surface area (Å²) in [6.07, 6.45) is 1.39. The van der Waals surface area contributed by atoms with Crippen LogP contribution in [0.5, 0.6) is 0 Å². The van der Waals surface area contributed by atoms with Crippen molar-refractivity contribution in [1.29, 1.82) is 0 Å². The summed E-state index contributed by atoms with van der Waals surface area (Å²) in [6.45, 7) is 8.57. The molecule has 0 N–H and O–H groups in total. The van der Waals surface area contributed by atoms with Crippen molar-refractivity contribution in [2.24, 2.45) is 0 Å². The zero-order valence-corrected chi connectivity index (χ0v) is 13.1. The van der Waals surface area contributed by atoms with Gasteiger partial charge in [0.2, 0.25) is 0 Å². The summed E-state index contributed by atoms with van der Waals surface area (Å²) in [5, 5.41) is 0. The van der Waals surface area contributed by atoms with Crippen molar-refractivity contribution >= 4 is 11.8 Å². The molecule has 1 fully saturated rings. The highest BCUT2D eigenvalue weighted by Crippen LogP contribution is 2.15. The fraction of sp³-hybridized carbons (Fsp3) is 0.667. The first-order valence-electron chi connectivity index (χ1n) is 7.51. The third kappa shape index (κ3) is 4.39. The van der Waals surface area contributed by atoms with Gasteiger partial charge in [0.1, 0.15) is 11.6 Å². The number of nitrogens with zero attached hydrogens (tertiary/aromatic N) is 4.